The number of aryl methyl sites for hydroxylation is 2. The number of carbonyl (C=O) groups is 1. The van der Waals surface area contributed by atoms with E-state index < -0.39 is 5.97 Å². The van der Waals surface area contributed by atoms with Crippen LogP contribution in [0.3, 0.4) is 0 Å². The van der Waals surface area contributed by atoms with Gasteiger partial charge in [-0.05, 0) is 13.8 Å². The van der Waals surface area contributed by atoms with Crippen molar-refractivity contribution in [3.05, 3.63) is 17.1 Å². The fourth-order valence-corrected chi connectivity index (χ4v) is 0.967. The van der Waals surface area contributed by atoms with Crippen molar-refractivity contribution in [2.24, 2.45) is 0 Å². The lowest BCUT2D eigenvalue weighted by Crippen LogP contribution is -2.01. The molecule has 0 aromatic carbocycles. The van der Waals surface area contributed by atoms with Crippen LogP contribution in [0.25, 0.3) is 0 Å². The van der Waals surface area contributed by atoms with Crippen molar-refractivity contribution in [2.45, 2.75) is 13.8 Å². The van der Waals surface area contributed by atoms with E-state index in [1.807, 2.05) is 0 Å². The number of furan rings is 1. The molecule has 0 atom stereocenters. The third-order valence-corrected chi connectivity index (χ3v) is 1.52. The molecule has 0 radical (unpaired) electrons. The molecule has 0 fully saturated rings. The summed E-state index contributed by atoms with van der Waals surface area (Å²) in [5.74, 6) is -0.232. The van der Waals surface area contributed by atoms with Crippen LogP contribution in [0.4, 0.5) is 5.69 Å². The van der Waals surface area contributed by atoms with Crippen molar-refractivity contribution in [2.75, 3.05) is 5.73 Å². The highest BCUT2D eigenvalue weighted by Crippen LogP contribution is 2.23. The minimum Gasteiger partial charge on any atom is -0.477 e. The van der Waals surface area contributed by atoms with Gasteiger partial charge in [0.1, 0.15) is 17.1 Å². The molecule has 0 saturated heterocycles. The van der Waals surface area contributed by atoms with Gasteiger partial charge in [0.05, 0.1) is 5.69 Å². The number of nitrogens with two attached hydrogens (primary N) is 1. The molecule has 0 amide bonds. The summed E-state index contributed by atoms with van der Waals surface area (Å²) in [6, 6.07) is 0. The Bertz CT molecular complexity index is 301. The Morgan fingerprint density at radius 3 is 2.18 bits per heavy atom. The second-order valence-electron chi connectivity index (χ2n) is 2.31. The minimum absolute atomic E-state index is 0.0718. The molecule has 0 aliphatic rings. The summed E-state index contributed by atoms with van der Waals surface area (Å²) in [7, 11) is 0. The van der Waals surface area contributed by atoms with Gasteiger partial charge < -0.3 is 15.3 Å². The molecular weight excluding hydrogens is 146 g/mol. The summed E-state index contributed by atoms with van der Waals surface area (Å²) < 4.78 is 5.00. The summed E-state index contributed by atoms with van der Waals surface area (Å²) in [5, 5.41) is 8.62. The Morgan fingerprint density at radius 1 is 1.45 bits per heavy atom. The van der Waals surface area contributed by atoms with Crippen LogP contribution in [0.15, 0.2) is 4.42 Å². The van der Waals surface area contributed by atoms with Gasteiger partial charge >= 0.3 is 5.97 Å². The lowest BCUT2D eigenvalue weighted by atomic mass is 10.2. The fraction of sp³-hybridized carbons (Fsp3) is 0.286. The van der Waals surface area contributed by atoms with Crippen molar-refractivity contribution >= 4 is 11.7 Å². The van der Waals surface area contributed by atoms with Gasteiger partial charge in [-0.3, -0.25) is 0 Å². The lowest BCUT2D eigenvalue weighted by Gasteiger charge is -1.90. The van der Waals surface area contributed by atoms with Crippen molar-refractivity contribution in [1.29, 1.82) is 0 Å². The Hall–Kier alpha value is -1.45. The number of anilines is 1. The largest absolute Gasteiger partial charge is 0.477 e. The van der Waals surface area contributed by atoms with Gasteiger partial charge in [-0.1, -0.05) is 0 Å². The van der Waals surface area contributed by atoms with E-state index in [2.05, 4.69) is 0 Å². The Balaban J connectivity index is 3.34. The predicted octanol–water partition coefficient (Wildman–Crippen LogP) is 1.18. The first-order chi connectivity index (χ1) is 5.04. The molecule has 60 valence electrons. The maximum absolute atomic E-state index is 10.5. The van der Waals surface area contributed by atoms with E-state index in [-0.39, 0.29) is 11.3 Å². The van der Waals surface area contributed by atoms with Gasteiger partial charge in [0.15, 0.2) is 0 Å². The number of carboxylic acid groups (broad SMARTS) is 1. The third kappa shape index (κ3) is 1.07. The number of rotatable bonds is 1. The van der Waals surface area contributed by atoms with E-state index in [0.29, 0.717) is 11.5 Å². The maximum Gasteiger partial charge on any atom is 0.341 e. The van der Waals surface area contributed by atoms with Crippen LogP contribution in [-0.4, -0.2) is 11.1 Å². The van der Waals surface area contributed by atoms with E-state index >= 15 is 0 Å². The molecule has 11 heavy (non-hydrogen) atoms. The molecule has 1 heterocycles. The van der Waals surface area contributed by atoms with Crippen molar-refractivity contribution in [3.8, 4) is 0 Å². The van der Waals surface area contributed by atoms with Crippen molar-refractivity contribution in [3.63, 3.8) is 0 Å². The van der Waals surface area contributed by atoms with Crippen LogP contribution in [0, 0.1) is 13.8 Å². The van der Waals surface area contributed by atoms with E-state index in [4.69, 9.17) is 15.3 Å². The maximum atomic E-state index is 10.5. The van der Waals surface area contributed by atoms with Crippen LogP contribution in [0.5, 0.6) is 0 Å². The molecule has 4 heteroatoms. The van der Waals surface area contributed by atoms with E-state index in [1.165, 1.54) is 0 Å². The number of nitrogen functional groups attached to an aromatic ring is 1. The molecular formula is C7H9NO3. The van der Waals surface area contributed by atoms with Crippen LogP contribution < -0.4 is 5.73 Å². The van der Waals surface area contributed by atoms with Crippen LogP contribution >= 0.6 is 0 Å². The monoisotopic (exact) mass is 155 g/mol. The Labute approximate surface area is 63.6 Å². The average molecular weight is 155 g/mol. The normalized spacial score (nSPS) is 10.0. The minimum atomic E-state index is -1.04. The second kappa shape index (κ2) is 2.30. The van der Waals surface area contributed by atoms with Gasteiger partial charge in [0, 0.05) is 0 Å². The van der Waals surface area contributed by atoms with E-state index in [0.717, 1.165) is 0 Å². The summed E-state index contributed by atoms with van der Waals surface area (Å²) in [6.07, 6.45) is 0. The highest BCUT2D eigenvalue weighted by molar-refractivity contribution is 5.95. The smallest absolute Gasteiger partial charge is 0.341 e. The molecule has 1 aromatic rings. The zero-order chi connectivity index (χ0) is 8.59. The van der Waals surface area contributed by atoms with Gasteiger partial charge in [0.2, 0.25) is 0 Å². The second-order valence-corrected chi connectivity index (χ2v) is 2.31. The van der Waals surface area contributed by atoms with Gasteiger partial charge in [-0.25, -0.2) is 4.79 Å². The third-order valence-electron chi connectivity index (χ3n) is 1.52. The highest BCUT2D eigenvalue weighted by atomic mass is 16.4. The van der Waals surface area contributed by atoms with Gasteiger partial charge in [-0.2, -0.15) is 0 Å². The lowest BCUT2D eigenvalue weighted by molar-refractivity contribution is 0.0696. The molecule has 0 aliphatic carbocycles. The van der Waals surface area contributed by atoms with E-state index in [9.17, 15) is 4.79 Å². The van der Waals surface area contributed by atoms with Crippen LogP contribution in [0.1, 0.15) is 21.9 Å². The quantitative estimate of drug-likeness (QED) is 0.638. The summed E-state index contributed by atoms with van der Waals surface area (Å²) in [6.45, 7) is 3.21. The van der Waals surface area contributed by atoms with Crippen LogP contribution in [0.2, 0.25) is 0 Å². The molecule has 1 rings (SSSR count). The molecule has 0 bridgehead atoms. The first-order valence-electron chi connectivity index (χ1n) is 3.12. The topological polar surface area (TPSA) is 76.5 Å². The standard InChI is InChI=1S/C7H9NO3/c1-3-5(7(9)10)6(8)4(2)11-3/h8H2,1-2H3,(H,9,10). The number of aromatic carboxylic acids is 1. The number of hydrogen-bond donors (Lipinski definition) is 2. The predicted molar refractivity (Wildman–Crippen MR) is 39.6 cm³/mol. The number of hydrogen-bond acceptors (Lipinski definition) is 3. The highest BCUT2D eigenvalue weighted by Gasteiger charge is 2.17. The van der Waals surface area contributed by atoms with E-state index in [1.54, 1.807) is 13.8 Å². The zero-order valence-corrected chi connectivity index (χ0v) is 6.34. The molecule has 0 spiro atoms. The average Bonchev–Trinajstić information content (AvgIpc) is 2.07. The van der Waals surface area contributed by atoms with Gasteiger partial charge in [-0.15, -0.1) is 0 Å². The SMILES string of the molecule is Cc1oc(C)c(C(=O)O)c1N. The molecule has 0 aliphatic heterocycles. The number of carboxylic acids is 1. The molecule has 3 N–H and O–H groups in total. The van der Waals surface area contributed by atoms with Crippen molar-refractivity contribution in [1.82, 2.24) is 0 Å². The summed E-state index contributed by atoms with van der Waals surface area (Å²) in [4.78, 5) is 10.5. The first kappa shape index (κ1) is 7.65. The Kier molecular flexibility index (Phi) is 1.60. The summed E-state index contributed by atoms with van der Waals surface area (Å²) >= 11 is 0. The zero-order valence-electron chi connectivity index (χ0n) is 6.34. The van der Waals surface area contributed by atoms with Crippen molar-refractivity contribution < 1.29 is 14.3 Å². The molecule has 0 saturated carbocycles. The van der Waals surface area contributed by atoms with Crippen LogP contribution in [-0.2, 0) is 0 Å². The summed E-state index contributed by atoms with van der Waals surface area (Å²) in [5.41, 5.74) is 5.72. The Morgan fingerprint density at radius 2 is 2.00 bits per heavy atom. The molecule has 0 unspecified atom stereocenters. The molecule has 1 aromatic heterocycles. The molecule has 4 nitrogen and oxygen atoms in total. The van der Waals surface area contributed by atoms with Gasteiger partial charge in [0.25, 0.3) is 0 Å². The fourth-order valence-electron chi connectivity index (χ4n) is 0.967. The first-order valence-corrected chi connectivity index (χ1v) is 3.12.